The number of para-hydroxylation sites is 1. The van der Waals surface area contributed by atoms with E-state index in [0.29, 0.717) is 6.42 Å². The van der Waals surface area contributed by atoms with Gasteiger partial charge in [0.1, 0.15) is 0 Å². The summed E-state index contributed by atoms with van der Waals surface area (Å²) >= 11 is 0. The molecule has 76 valence electrons. The molecule has 0 unspecified atom stereocenters. The second-order valence-corrected chi connectivity index (χ2v) is 3.31. The Labute approximate surface area is 85.5 Å². The number of hydrogen-bond acceptors (Lipinski definition) is 2. The average molecular weight is 191 g/mol. The van der Waals surface area contributed by atoms with Crippen molar-refractivity contribution in [1.29, 1.82) is 0 Å². The average Bonchev–Trinajstić information content (AvgIpc) is 2.27. The van der Waals surface area contributed by atoms with Gasteiger partial charge in [-0.05, 0) is 19.1 Å². The van der Waals surface area contributed by atoms with E-state index >= 15 is 0 Å². The predicted molar refractivity (Wildman–Crippen MR) is 60.0 cm³/mol. The molecule has 0 atom stereocenters. The Morgan fingerprint density at radius 3 is 2.50 bits per heavy atom. The Morgan fingerprint density at radius 2 is 1.93 bits per heavy atom. The lowest BCUT2D eigenvalue weighted by atomic mass is 10.1. The topological polar surface area (TPSA) is 20.3 Å². The molecule has 0 spiro atoms. The first-order valence-corrected chi connectivity index (χ1v) is 5.04. The number of nitrogens with zero attached hydrogens (tertiary/aromatic N) is 1. The van der Waals surface area contributed by atoms with Gasteiger partial charge in [0.05, 0.1) is 0 Å². The van der Waals surface area contributed by atoms with E-state index in [0.717, 1.165) is 17.8 Å². The first-order chi connectivity index (χ1) is 6.70. The Balaban J connectivity index is 3.09. The molecule has 0 amide bonds. The molecule has 0 aliphatic rings. The van der Waals surface area contributed by atoms with Crippen molar-refractivity contribution in [3.8, 4) is 0 Å². The summed E-state index contributed by atoms with van der Waals surface area (Å²) in [6, 6.07) is 7.77. The van der Waals surface area contributed by atoms with E-state index in [1.165, 1.54) is 0 Å². The van der Waals surface area contributed by atoms with Gasteiger partial charge in [-0.1, -0.05) is 19.1 Å². The lowest BCUT2D eigenvalue weighted by Gasteiger charge is -2.19. The molecule has 0 aliphatic heterocycles. The minimum absolute atomic E-state index is 0.209. The highest BCUT2D eigenvalue weighted by Gasteiger charge is 2.10. The monoisotopic (exact) mass is 191 g/mol. The molecular weight excluding hydrogens is 174 g/mol. The molecule has 0 N–H and O–H groups in total. The van der Waals surface area contributed by atoms with Crippen LogP contribution in [0, 0.1) is 0 Å². The molecule has 0 fully saturated rings. The highest BCUT2D eigenvalue weighted by molar-refractivity contribution is 6.01. The van der Waals surface area contributed by atoms with Crippen molar-refractivity contribution in [3.05, 3.63) is 29.8 Å². The molecule has 0 saturated carbocycles. The van der Waals surface area contributed by atoms with Crippen LogP contribution < -0.4 is 4.90 Å². The van der Waals surface area contributed by atoms with Crippen molar-refractivity contribution in [2.45, 2.75) is 20.3 Å². The van der Waals surface area contributed by atoms with Gasteiger partial charge in [-0.25, -0.2) is 0 Å². The highest BCUT2D eigenvalue weighted by Crippen LogP contribution is 2.20. The van der Waals surface area contributed by atoms with Crippen molar-refractivity contribution in [2.24, 2.45) is 0 Å². The number of Topliss-reactive ketones (excluding diaryl/α,β-unsaturated/α-hetero) is 1. The van der Waals surface area contributed by atoms with Crippen molar-refractivity contribution in [3.63, 3.8) is 0 Å². The smallest absolute Gasteiger partial charge is 0.164 e. The van der Waals surface area contributed by atoms with E-state index < -0.39 is 0 Å². The van der Waals surface area contributed by atoms with Gasteiger partial charge >= 0.3 is 0 Å². The lowest BCUT2D eigenvalue weighted by molar-refractivity contribution is 0.0988. The van der Waals surface area contributed by atoms with Crippen LogP contribution in [0.15, 0.2) is 24.3 Å². The maximum atomic E-state index is 11.6. The van der Waals surface area contributed by atoms with Gasteiger partial charge in [0.25, 0.3) is 0 Å². The van der Waals surface area contributed by atoms with Gasteiger partial charge < -0.3 is 4.90 Å². The minimum Gasteiger partial charge on any atom is -0.374 e. The summed E-state index contributed by atoms with van der Waals surface area (Å²) < 4.78 is 0. The molecule has 1 aromatic carbocycles. The quantitative estimate of drug-likeness (QED) is 0.682. The molecule has 0 aliphatic carbocycles. The van der Waals surface area contributed by atoms with Gasteiger partial charge in [-0.2, -0.15) is 0 Å². The fourth-order valence-electron chi connectivity index (χ4n) is 1.40. The van der Waals surface area contributed by atoms with E-state index in [9.17, 15) is 4.79 Å². The minimum atomic E-state index is 0.209. The zero-order valence-electron chi connectivity index (χ0n) is 9.08. The van der Waals surface area contributed by atoms with Crippen LogP contribution in [0.25, 0.3) is 0 Å². The van der Waals surface area contributed by atoms with E-state index in [2.05, 4.69) is 11.8 Å². The highest BCUT2D eigenvalue weighted by atomic mass is 16.1. The number of anilines is 1. The van der Waals surface area contributed by atoms with Crippen LogP contribution in [0.1, 0.15) is 30.6 Å². The zero-order chi connectivity index (χ0) is 10.6. The van der Waals surface area contributed by atoms with Crippen LogP contribution in [-0.2, 0) is 0 Å². The lowest BCUT2D eigenvalue weighted by Crippen LogP contribution is -2.18. The summed E-state index contributed by atoms with van der Waals surface area (Å²) in [6.45, 7) is 4.88. The maximum absolute atomic E-state index is 11.6. The molecule has 0 bridgehead atoms. The van der Waals surface area contributed by atoms with Crippen LogP contribution in [0.4, 0.5) is 5.69 Å². The van der Waals surface area contributed by atoms with E-state index in [1.54, 1.807) is 0 Å². The Hall–Kier alpha value is -1.31. The molecular formula is C12H17NO. The summed E-state index contributed by atoms with van der Waals surface area (Å²) in [6.07, 6.45) is 0.564. The molecule has 1 aromatic rings. The van der Waals surface area contributed by atoms with E-state index in [4.69, 9.17) is 0 Å². The number of hydrogen-bond donors (Lipinski definition) is 0. The summed E-state index contributed by atoms with van der Waals surface area (Å²) in [5.74, 6) is 0.209. The van der Waals surface area contributed by atoms with Crippen molar-refractivity contribution in [1.82, 2.24) is 0 Å². The molecule has 2 heteroatoms. The fraction of sp³-hybridized carbons (Fsp3) is 0.417. The SMILES string of the molecule is CCC(=O)c1ccccc1N(C)CC. The van der Waals surface area contributed by atoms with E-state index in [1.807, 2.05) is 38.2 Å². The molecule has 0 heterocycles. The Morgan fingerprint density at radius 1 is 1.29 bits per heavy atom. The Bertz CT molecular complexity index is 320. The summed E-state index contributed by atoms with van der Waals surface area (Å²) in [5, 5.41) is 0. The maximum Gasteiger partial charge on any atom is 0.164 e. The van der Waals surface area contributed by atoms with Crippen molar-refractivity contribution >= 4 is 11.5 Å². The van der Waals surface area contributed by atoms with Gasteiger partial charge in [-0.15, -0.1) is 0 Å². The first-order valence-electron chi connectivity index (χ1n) is 5.04. The van der Waals surface area contributed by atoms with Crippen molar-refractivity contribution < 1.29 is 4.79 Å². The fourth-order valence-corrected chi connectivity index (χ4v) is 1.40. The third-order valence-corrected chi connectivity index (χ3v) is 2.41. The molecule has 0 radical (unpaired) electrons. The molecule has 14 heavy (non-hydrogen) atoms. The summed E-state index contributed by atoms with van der Waals surface area (Å²) in [4.78, 5) is 13.7. The van der Waals surface area contributed by atoms with Crippen LogP contribution in [0.2, 0.25) is 0 Å². The third kappa shape index (κ3) is 2.13. The van der Waals surface area contributed by atoms with Crippen LogP contribution >= 0.6 is 0 Å². The standard InChI is InChI=1S/C12H17NO/c1-4-12(14)10-8-6-7-9-11(10)13(3)5-2/h6-9H,4-5H2,1-3H3. The van der Waals surface area contributed by atoms with Crippen molar-refractivity contribution in [2.75, 3.05) is 18.5 Å². The second-order valence-electron chi connectivity index (χ2n) is 3.31. The molecule has 0 aromatic heterocycles. The number of ketones is 1. The number of carbonyl (C=O) groups excluding carboxylic acids is 1. The van der Waals surface area contributed by atoms with Crippen LogP contribution in [0.3, 0.4) is 0 Å². The van der Waals surface area contributed by atoms with Crippen LogP contribution in [0.5, 0.6) is 0 Å². The normalized spacial score (nSPS) is 9.93. The van der Waals surface area contributed by atoms with Gasteiger partial charge in [-0.3, -0.25) is 4.79 Å². The largest absolute Gasteiger partial charge is 0.374 e. The summed E-state index contributed by atoms with van der Waals surface area (Å²) in [7, 11) is 2.00. The van der Waals surface area contributed by atoms with Gasteiger partial charge in [0.2, 0.25) is 0 Å². The molecule has 2 nitrogen and oxygen atoms in total. The third-order valence-electron chi connectivity index (χ3n) is 2.41. The number of carbonyl (C=O) groups is 1. The second kappa shape index (κ2) is 4.80. The Kier molecular flexibility index (Phi) is 3.69. The first kappa shape index (κ1) is 10.8. The number of rotatable bonds is 4. The number of benzene rings is 1. The zero-order valence-corrected chi connectivity index (χ0v) is 9.08. The summed E-state index contributed by atoms with van der Waals surface area (Å²) in [5.41, 5.74) is 1.86. The molecule has 1 rings (SSSR count). The predicted octanol–water partition coefficient (Wildman–Crippen LogP) is 2.74. The van der Waals surface area contributed by atoms with E-state index in [-0.39, 0.29) is 5.78 Å². The van der Waals surface area contributed by atoms with Gasteiger partial charge in [0.15, 0.2) is 5.78 Å². The molecule has 0 saturated heterocycles. The van der Waals surface area contributed by atoms with Gasteiger partial charge in [0, 0.05) is 31.3 Å². The van der Waals surface area contributed by atoms with Crippen LogP contribution in [-0.4, -0.2) is 19.4 Å².